The van der Waals surface area contributed by atoms with E-state index < -0.39 is 37.0 Å². The molecule has 0 rings (SSSR count). The molecule has 0 bridgehead atoms. The molecule has 0 atom stereocenters. The molecule has 16 heteroatoms. The maximum Gasteiger partial charge on any atom is 0.469 e. The van der Waals surface area contributed by atoms with Crippen LogP contribution in [0.2, 0.25) is 0 Å². The van der Waals surface area contributed by atoms with Crippen molar-refractivity contribution in [1.29, 1.82) is 5.41 Å². The van der Waals surface area contributed by atoms with E-state index in [2.05, 4.69) is 71.7 Å². The number of sulfone groups is 1. The normalized spacial score (nSPS) is 11.9. The number of quaternary nitrogens is 1. The second-order valence-electron chi connectivity index (χ2n) is 12.9. The SMILES string of the molecule is CC(C)CC(=N)N.CC(C)OP(=O)(O)O.CC(C)P(=O)(O)O.CC(C)S(C)(=O)=O.CCN(CC)C(C)C.CC[N+](CC)(CC)C(C)C. The summed E-state index contributed by atoms with van der Waals surface area (Å²) in [6.07, 6.45) is 1.54. The first-order valence-corrected chi connectivity index (χ1v) is 21.8. The molecule has 292 valence electrons. The first-order valence-electron chi connectivity index (χ1n) is 16.7. The van der Waals surface area contributed by atoms with Gasteiger partial charge >= 0.3 is 15.4 Å². The summed E-state index contributed by atoms with van der Waals surface area (Å²) in [5.74, 6) is 0.813. The van der Waals surface area contributed by atoms with Gasteiger partial charge in [-0.2, -0.15) is 0 Å². The van der Waals surface area contributed by atoms with E-state index in [4.69, 9.17) is 30.7 Å². The molecule has 13 nitrogen and oxygen atoms in total. The van der Waals surface area contributed by atoms with E-state index in [1.54, 1.807) is 27.7 Å². The lowest BCUT2D eigenvalue weighted by Gasteiger charge is -2.39. The number of hydrogen-bond donors (Lipinski definition) is 6. The van der Waals surface area contributed by atoms with Crippen LogP contribution < -0.4 is 5.73 Å². The van der Waals surface area contributed by atoms with Gasteiger partial charge in [0.05, 0.1) is 48.5 Å². The van der Waals surface area contributed by atoms with Crippen molar-refractivity contribution in [3.8, 4) is 0 Å². The zero-order chi connectivity index (χ0) is 39.6. The van der Waals surface area contributed by atoms with Crippen molar-refractivity contribution >= 4 is 31.1 Å². The summed E-state index contributed by atoms with van der Waals surface area (Å²) in [6, 6.07) is 1.49. The Morgan fingerprint density at radius 2 is 1.09 bits per heavy atom. The maximum atomic E-state index is 10.3. The molecule has 0 unspecified atom stereocenters. The van der Waals surface area contributed by atoms with Gasteiger partial charge in [0.1, 0.15) is 9.84 Å². The predicted molar refractivity (Wildman–Crippen MR) is 202 cm³/mol. The summed E-state index contributed by atoms with van der Waals surface area (Å²) in [5, 5.41) is 6.57. The number of nitrogens with zero attached hydrogens (tertiary/aromatic N) is 2. The lowest BCUT2D eigenvalue weighted by Crippen LogP contribution is -2.52. The topological polar surface area (TPSA) is 212 Å². The third-order valence-electron chi connectivity index (χ3n) is 7.03. The van der Waals surface area contributed by atoms with Gasteiger partial charge in [-0.3, -0.25) is 14.5 Å². The highest BCUT2D eigenvalue weighted by Gasteiger charge is 2.24. The van der Waals surface area contributed by atoms with E-state index in [9.17, 15) is 17.5 Å². The number of phosphoric acid groups is 1. The van der Waals surface area contributed by atoms with Gasteiger partial charge in [-0.1, -0.05) is 41.5 Å². The molecule has 0 saturated heterocycles. The van der Waals surface area contributed by atoms with Crippen LogP contribution in [0.3, 0.4) is 0 Å². The highest BCUT2D eigenvalue weighted by molar-refractivity contribution is 7.91. The summed E-state index contributed by atoms with van der Waals surface area (Å²) in [5.41, 5.74) is 4.54. The molecule has 0 radical (unpaired) electrons. The lowest BCUT2D eigenvalue weighted by molar-refractivity contribution is -0.943. The van der Waals surface area contributed by atoms with Gasteiger partial charge in [-0.15, -0.1) is 0 Å². The van der Waals surface area contributed by atoms with Crippen LogP contribution in [0.5, 0.6) is 0 Å². The Labute approximate surface area is 290 Å². The number of rotatable bonds is 13. The number of phosphoric ester groups is 1. The molecular weight excluding hydrogens is 666 g/mol. The van der Waals surface area contributed by atoms with E-state index >= 15 is 0 Å². The van der Waals surface area contributed by atoms with Crippen LogP contribution in [0.4, 0.5) is 0 Å². The van der Waals surface area contributed by atoms with Crippen molar-refractivity contribution in [2.75, 3.05) is 39.0 Å². The molecule has 7 N–H and O–H groups in total. The summed E-state index contributed by atoms with van der Waals surface area (Å²) in [4.78, 5) is 35.0. The Kier molecular flexibility index (Phi) is 38.1. The van der Waals surface area contributed by atoms with Crippen molar-refractivity contribution in [2.24, 2.45) is 11.7 Å². The fourth-order valence-electron chi connectivity index (χ4n) is 3.43. The van der Waals surface area contributed by atoms with Crippen LogP contribution in [0.1, 0.15) is 124 Å². The highest BCUT2D eigenvalue weighted by Crippen LogP contribution is 2.40. The molecule has 0 amide bonds. The van der Waals surface area contributed by atoms with Crippen molar-refractivity contribution in [2.45, 2.75) is 153 Å². The predicted octanol–water partition coefficient (Wildman–Crippen LogP) is 6.49. The average Bonchev–Trinajstić information content (AvgIpc) is 2.84. The van der Waals surface area contributed by atoms with Crippen LogP contribution in [-0.2, 0) is 23.5 Å². The van der Waals surface area contributed by atoms with Gasteiger partial charge < -0.3 is 34.7 Å². The van der Waals surface area contributed by atoms with E-state index in [1.165, 1.54) is 57.3 Å². The summed E-state index contributed by atoms with van der Waals surface area (Å²) < 4.78 is 46.0. The van der Waals surface area contributed by atoms with Crippen LogP contribution >= 0.6 is 15.4 Å². The van der Waals surface area contributed by atoms with Gasteiger partial charge in [-0.05, 0) is 95.2 Å². The third-order valence-corrected chi connectivity index (χ3v) is 10.8. The van der Waals surface area contributed by atoms with Crippen molar-refractivity contribution in [3.63, 3.8) is 0 Å². The smallest absolute Gasteiger partial charge is 0.388 e. The quantitative estimate of drug-likeness (QED) is 0.0519. The minimum absolute atomic E-state index is 0.229. The average molecular weight is 746 g/mol. The minimum Gasteiger partial charge on any atom is -0.388 e. The lowest BCUT2D eigenvalue weighted by atomic mass is 10.1. The molecule has 0 spiro atoms. The Balaban J connectivity index is -0.000000108. The van der Waals surface area contributed by atoms with Gasteiger partial charge in [-0.25, -0.2) is 13.0 Å². The van der Waals surface area contributed by atoms with E-state index in [-0.39, 0.29) is 11.1 Å². The molecular formula is C31H79N4O9P2S+. The second-order valence-corrected chi connectivity index (χ2v) is 18.9. The largest absolute Gasteiger partial charge is 0.469 e. The number of amidine groups is 1. The Bertz CT molecular complexity index is 919. The summed E-state index contributed by atoms with van der Waals surface area (Å²) in [7, 11) is -10.7. The molecule has 0 aromatic carbocycles. The molecule has 0 aromatic rings. The van der Waals surface area contributed by atoms with Gasteiger partial charge in [0.25, 0.3) is 0 Å². The minimum atomic E-state index is -4.22. The van der Waals surface area contributed by atoms with Crippen molar-refractivity contribution in [3.05, 3.63) is 0 Å². The van der Waals surface area contributed by atoms with Gasteiger partial charge in [0.15, 0.2) is 0 Å². The zero-order valence-corrected chi connectivity index (χ0v) is 35.9. The van der Waals surface area contributed by atoms with Crippen molar-refractivity contribution < 1.29 is 46.1 Å². The Morgan fingerprint density at radius 3 is 1.09 bits per heavy atom. The molecule has 47 heavy (non-hydrogen) atoms. The van der Waals surface area contributed by atoms with Gasteiger partial charge in [0.2, 0.25) is 0 Å². The molecule has 0 aromatic heterocycles. The zero-order valence-electron chi connectivity index (χ0n) is 33.3. The Morgan fingerprint density at radius 1 is 0.787 bits per heavy atom. The fourth-order valence-corrected chi connectivity index (χ4v) is 3.98. The summed E-state index contributed by atoms with van der Waals surface area (Å²) in [6.45, 7) is 40.0. The molecule has 0 heterocycles. The van der Waals surface area contributed by atoms with Gasteiger partial charge in [0, 0.05) is 18.7 Å². The molecule has 0 aliphatic carbocycles. The first kappa shape index (κ1) is 58.8. The number of nitrogens with one attached hydrogen (secondary N) is 1. The standard InChI is InChI=1S/C9H22N.C7H17N.C5H12N2.C4H10O2S.C3H9O4P.C3H9O3P/c1-6-10(7-2,8-3)9(4)5;1-5-8(6-2)7(3)4;1-4(2)3-5(6)7;1-4(2)7(3,5)6;1-3(2)7-8(4,5)6;1-3(2)7(4,5)6/h9H,6-8H2,1-5H3;7H,5-6H2,1-4H3;4H,3H2,1-2H3,(H3,6,7);4H,1-3H3;3H,1-2H3,(H2,4,5,6);3H,1-2H3,(H2,4,5,6)/q+1;;;;;. The first-order chi connectivity index (χ1) is 20.8. The molecule has 0 aliphatic heterocycles. The van der Waals surface area contributed by atoms with E-state index in [0.29, 0.717) is 12.0 Å². The molecule has 0 fully saturated rings. The Hall–Kier alpha value is -0.400. The fraction of sp³-hybridized carbons (Fsp3) is 0.968. The third kappa shape index (κ3) is 45.6. The number of nitrogens with two attached hydrogens (primary N) is 1. The maximum absolute atomic E-state index is 10.3. The molecule has 0 saturated carbocycles. The van der Waals surface area contributed by atoms with E-state index in [0.717, 1.165) is 12.5 Å². The van der Waals surface area contributed by atoms with Crippen LogP contribution in [0.15, 0.2) is 0 Å². The molecule has 0 aliphatic rings. The van der Waals surface area contributed by atoms with Crippen LogP contribution in [-0.4, -0.2) is 111 Å². The van der Waals surface area contributed by atoms with E-state index in [1.807, 2.05) is 13.8 Å². The highest BCUT2D eigenvalue weighted by atomic mass is 32.2. The number of hydrogen-bond acceptors (Lipinski definition) is 7. The summed E-state index contributed by atoms with van der Waals surface area (Å²) >= 11 is 0. The monoisotopic (exact) mass is 746 g/mol. The second kappa shape index (κ2) is 30.4. The van der Waals surface area contributed by atoms with Crippen LogP contribution in [0.25, 0.3) is 0 Å². The van der Waals surface area contributed by atoms with Crippen LogP contribution in [0, 0.1) is 11.3 Å². The van der Waals surface area contributed by atoms with Crippen molar-refractivity contribution in [1.82, 2.24) is 4.90 Å².